The minimum atomic E-state index is -0.603. The fourth-order valence-electron chi connectivity index (χ4n) is 1.92. The van der Waals surface area contributed by atoms with Gasteiger partial charge in [-0.15, -0.1) is 0 Å². The number of nitrogens with one attached hydrogen (secondary N) is 2. The molecule has 0 saturated carbocycles. The third-order valence-electron chi connectivity index (χ3n) is 3.06. The molecule has 2 amide bonds. The molecule has 0 fully saturated rings. The molecule has 0 saturated heterocycles. The maximum atomic E-state index is 12.3. The summed E-state index contributed by atoms with van der Waals surface area (Å²) in [5.41, 5.74) is 0.424. The van der Waals surface area contributed by atoms with Gasteiger partial charge in [0.1, 0.15) is 6.04 Å². The zero-order valence-corrected chi connectivity index (χ0v) is 14.3. The van der Waals surface area contributed by atoms with Crippen molar-refractivity contribution >= 4 is 11.8 Å². The van der Waals surface area contributed by atoms with Crippen molar-refractivity contribution in [2.45, 2.75) is 40.2 Å². The molecule has 0 heterocycles. The zero-order valence-electron chi connectivity index (χ0n) is 14.3. The minimum absolute atomic E-state index is 0.214. The largest absolute Gasteiger partial charge is 0.490 e. The van der Waals surface area contributed by atoms with Crippen LogP contribution in [0.4, 0.5) is 0 Å². The van der Waals surface area contributed by atoms with Gasteiger partial charge in [-0.2, -0.15) is 0 Å². The van der Waals surface area contributed by atoms with E-state index in [4.69, 9.17) is 9.47 Å². The SMILES string of the molecule is CCCOc1ccc(C(=O)N[C@H](C)C(=O)NCC)cc1OCC. The Hall–Kier alpha value is -2.24. The summed E-state index contributed by atoms with van der Waals surface area (Å²) in [6.07, 6.45) is 0.887. The van der Waals surface area contributed by atoms with Gasteiger partial charge in [0.15, 0.2) is 11.5 Å². The average Bonchev–Trinajstić information content (AvgIpc) is 2.54. The van der Waals surface area contributed by atoms with Crippen molar-refractivity contribution in [3.63, 3.8) is 0 Å². The molecule has 1 rings (SSSR count). The van der Waals surface area contributed by atoms with E-state index in [1.165, 1.54) is 0 Å². The lowest BCUT2D eigenvalue weighted by molar-refractivity contribution is -0.122. The molecule has 0 unspecified atom stereocenters. The summed E-state index contributed by atoms with van der Waals surface area (Å²) in [6.45, 7) is 8.94. The topological polar surface area (TPSA) is 76.7 Å². The monoisotopic (exact) mass is 322 g/mol. The molecule has 1 aromatic rings. The molecule has 2 N–H and O–H groups in total. The number of carbonyl (C=O) groups excluding carboxylic acids is 2. The number of hydrogen-bond donors (Lipinski definition) is 2. The Labute approximate surface area is 137 Å². The Morgan fingerprint density at radius 2 is 1.87 bits per heavy atom. The molecular formula is C17H26N2O4. The second kappa shape index (κ2) is 9.71. The number of amides is 2. The van der Waals surface area contributed by atoms with Gasteiger partial charge in [0.05, 0.1) is 13.2 Å². The van der Waals surface area contributed by atoms with Crippen molar-refractivity contribution in [2.24, 2.45) is 0 Å². The standard InChI is InChI=1S/C17H26N2O4/c1-5-10-23-14-9-8-13(11-15(14)22-7-3)17(21)19-12(4)16(20)18-6-2/h8-9,11-12H,5-7,10H2,1-4H3,(H,18,20)(H,19,21)/t12-/m1/s1. The Morgan fingerprint density at radius 1 is 1.13 bits per heavy atom. The molecule has 0 aliphatic heterocycles. The fraction of sp³-hybridized carbons (Fsp3) is 0.529. The van der Waals surface area contributed by atoms with Gasteiger partial charge in [0, 0.05) is 12.1 Å². The maximum absolute atomic E-state index is 12.3. The highest BCUT2D eigenvalue weighted by Gasteiger charge is 2.17. The van der Waals surface area contributed by atoms with Crippen molar-refractivity contribution in [3.8, 4) is 11.5 Å². The lowest BCUT2D eigenvalue weighted by Gasteiger charge is -2.15. The van der Waals surface area contributed by atoms with Crippen LogP contribution in [0.15, 0.2) is 18.2 Å². The van der Waals surface area contributed by atoms with Crippen LogP contribution in [0, 0.1) is 0 Å². The lowest BCUT2D eigenvalue weighted by atomic mass is 10.1. The third kappa shape index (κ3) is 5.81. The Morgan fingerprint density at radius 3 is 2.48 bits per heavy atom. The van der Waals surface area contributed by atoms with E-state index in [2.05, 4.69) is 10.6 Å². The smallest absolute Gasteiger partial charge is 0.252 e. The maximum Gasteiger partial charge on any atom is 0.252 e. The number of likely N-dealkylation sites (N-methyl/N-ethyl adjacent to an activating group) is 1. The van der Waals surface area contributed by atoms with E-state index in [1.807, 2.05) is 20.8 Å². The van der Waals surface area contributed by atoms with Gasteiger partial charge in [-0.1, -0.05) is 6.92 Å². The first-order valence-corrected chi connectivity index (χ1v) is 8.01. The van der Waals surface area contributed by atoms with E-state index in [0.717, 1.165) is 6.42 Å². The molecule has 0 aliphatic rings. The van der Waals surface area contributed by atoms with E-state index in [0.29, 0.717) is 36.8 Å². The van der Waals surface area contributed by atoms with Gasteiger partial charge in [-0.05, 0) is 45.4 Å². The van der Waals surface area contributed by atoms with Crippen LogP contribution in [-0.4, -0.2) is 37.6 Å². The van der Waals surface area contributed by atoms with E-state index in [9.17, 15) is 9.59 Å². The van der Waals surface area contributed by atoms with Crippen LogP contribution in [0.1, 0.15) is 44.5 Å². The third-order valence-corrected chi connectivity index (χ3v) is 3.06. The normalized spacial score (nSPS) is 11.5. The van der Waals surface area contributed by atoms with Gasteiger partial charge in [0.2, 0.25) is 5.91 Å². The first-order chi connectivity index (χ1) is 11.0. The molecule has 128 valence electrons. The summed E-state index contributed by atoms with van der Waals surface area (Å²) in [6, 6.07) is 4.41. The van der Waals surface area contributed by atoms with Gasteiger partial charge in [-0.25, -0.2) is 0 Å². The molecular weight excluding hydrogens is 296 g/mol. The van der Waals surface area contributed by atoms with Crippen LogP contribution in [0.5, 0.6) is 11.5 Å². The highest BCUT2D eigenvalue weighted by atomic mass is 16.5. The quantitative estimate of drug-likeness (QED) is 0.730. The molecule has 0 bridgehead atoms. The van der Waals surface area contributed by atoms with Crippen LogP contribution in [-0.2, 0) is 4.79 Å². The summed E-state index contributed by atoms with van der Waals surface area (Å²) in [4.78, 5) is 23.9. The average molecular weight is 322 g/mol. The van der Waals surface area contributed by atoms with E-state index < -0.39 is 6.04 Å². The Kier molecular flexibility index (Phi) is 7.94. The molecule has 23 heavy (non-hydrogen) atoms. The number of rotatable bonds is 9. The second-order valence-corrected chi connectivity index (χ2v) is 5.03. The first kappa shape index (κ1) is 18.8. The first-order valence-electron chi connectivity index (χ1n) is 8.01. The second-order valence-electron chi connectivity index (χ2n) is 5.03. The minimum Gasteiger partial charge on any atom is -0.490 e. The van der Waals surface area contributed by atoms with Crippen molar-refractivity contribution in [1.29, 1.82) is 0 Å². The molecule has 6 heteroatoms. The summed E-state index contributed by atoms with van der Waals surface area (Å²) in [7, 11) is 0. The van der Waals surface area contributed by atoms with E-state index >= 15 is 0 Å². The number of hydrogen-bond acceptors (Lipinski definition) is 4. The van der Waals surface area contributed by atoms with Crippen LogP contribution in [0.25, 0.3) is 0 Å². The molecule has 0 aliphatic carbocycles. The van der Waals surface area contributed by atoms with Crippen LogP contribution < -0.4 is 20.1 Å². The highest BCUT2D eigenvalue weighted by Crippen LogP contribution is 2.28. The summed E-state index contributed by atoms with van der Waals surface area (Å²) in [5, 5.41) is 5.33. The van der Waals surface area contributed by atoms with Crippen molar-refractivity contribution in [1.82, 2.24) is 10.6 Å². The van der Waals surface area contributed by atoms with Crippen molar-refractivity contribution in [2.75, 3.05) is 19.8 Å². The van der Waals surface area contributed by atoms with Crippen LogP contribution >= 0.6 is 0 Å². The molecule has 1 atom stereocenters. The van der Waals surface area contributed by atoms with Crippen LogP contribution in [0.3, 0.4) is 0 Å². The summed E-state index contributed by atoms with van der Waals surface area (Å²) >= 11 is 0. The van der Waals surface area contributed by atoms with Crippen molar-refractivity contribution in [3.05, 3.63) is 23.8 Å². The van der Waals surface area contributed by atoms with E-state index in [1.54, 1.807) is 25.1 Å². The van der Waals surface area contributed by atoms with Crippen LogP contribution in [0.2, 0.25) is 0 Å². The van der Waals surface area contributed by atoms with Gasteiger partial charge in [0.25, 0.3) is 5.91 Å². The predicted molar refractivity (Wildman–Crippen MR) is 89.0 cm³/mol. The number of benzene rings is 1. The van der Waals surface area contributed by atoms with E-state index in [-0.39, 0.29) is 11.8 Å². The predicted octanol–water partition coefficient (Wildman–Crippen LogP) is 2.13. The molecule has 0 radical (unpaired) electrons. The van der Waals surface area contributed by atoms with Gasteiger partial charge in [-0.3, -0.25) is 9.59 Å². The summed E-state index contributed by atoms with van der Waals surface area (Å²) in [5.74, 6) is 0.599. The lowest BCUT2D eigenvalue weighted by Crippen LogP contribution is -2.44. The zero-order chi connectivity index (χ0) is 17.2. The van der Waals surface area contributed by atoms with Gasteiger partial charge < -0.3 is 20.1 Å². The summed E-state index contributed by atoms with van der Waals surface area (Å²) < 4.78 is 11.1. The van der Waals surface area contributed by atoms with Crippen molar-refractivity contribution < 1.29 is 19.1 Å². The molecule has 0 aromatic heterocycles. The number of ether oxygens (including phenoxy) is 2. The molecule has 0 spiro atoms. The van der Waals surface area contributed by atoms with Gasteiger partial charge >= 0.3 is 0 Å². The molecule has 6 nitrogen and oxygen atoms in total. The Balaban J connectivity index is 2.84. The highest BCUT2D eigenvalue weighted by molar-refractivity contribution is 5.97. The number of carbonyl (C=O) groups is 2. The molecule has 1 aromatic carbocycles. The Bertz CT molecular complexity index is 531. The fourth-order valence-corrected chi connectivity index (χ4v) is 1.92.